The highest BCUT2D eigenvalue weighted by Gasteiger charge is 2.11. The number of halogens is 1. The first kappa shape index (κ1) is 15.9. The standard InChI is InChI=1S/C17H18ClNOS/c1-19(12-14-5-9-16(21-2)10-6-14)17(20)15-7-3-13(11-18)4-8-15/h3-10H,11-12H2,1-2H3. The minimum atomic E-state index is 0.0186. The normalized spacial score (nSPS) is 10.4. The summed E-state index contributed by atoms with van der Waals surface area (Å²) < 4.78 is 0. The molecule has 0 aliphatic carbocycles. The van der Waals surface area contributed by atoms with E-state index in [1.165, 1.54) is 4.90 Å². The fraction of sp³-hybridized carbons (Fsp3) is 0.235. The van der Waals surface area contributed by atoms with Gasteiger partial charge in [0.1, 0.15) is 0 Å². The predicted octanol–water partition coefficient (Wildman–Crippen LogP) is 4.42. The Balaban J connectivity index is 2.03. The Bertz CT molecular complexity index is 595. The van der Waals surface area contributed by atoms with Gasteiger partial charge in [-0.1, -0.05) is 24.3 Å². The van der Waals surface area contributed by atoms with Gasteiger partial charge in [-0.2, -0.15) is 0 Å². The van der Waals surface area contributed by atoms with Crippen LogP contribution in [0.4, 0.5) is 0 Å². The molecule has 0 atom stereocenters. The van der Waals surface area contributed by atoms with Crippen LogP contribution in [-0.4, -0.2) is 24.1 Å². The average molecular weight is 320 g/mol. The lowest BCUT2D eigenvalue weighted by Gasteiger charge is -2.17. The molecule has 4 heteroatoms. The van der Waals surface area contributed by atoms with Crippen LogP contribution in [0.3, 0.4) is 0 Å². The zero-order chi connectivity index (χ0) is 15.2. The Morgan fingerprint density at radius 2 is 1.62 bits per heavy atom. The van der Waals surface area contributed by atoms with Crippen LogP contribution in [0.15, 0.2) is 53.4 Å². The second kappa shape index (κ2) is 7.53. The van der Waals surface area contributed by atoms with Crippen LogP contribution in [0.1, 0.15) is 21.5 Å². The first-order valence-corrected chi connectivity index (χ1v) is 8.43. The van der Waals surface area contributed by atoms with Crippen LogP contribution in [0.2, 0.25) is 0 Å². The van der Waals surface area contributed by atoms with E-state index in [0.717, 1.165) is 11.1 Å². The number of alkyl halides is 1. The summed E-state index contributed by atoms with van der Waals surface area (Å²) in [6.45, 7) is 0.602. The molecule has 2 nitrogen and oxygen atoms in total. The summed E-state index contributed by atoms with van der Waals surface area (Å²) in [5.74, 6) is 0.483. The number of carbonyl (C=O) groups is 1. The van der Waals surface area contributed by atoms with E-state index in [-0.39, 0.29) is 5.91 Å². The second-order valence-corrected chi connectivity index (χ2v) is 5.99. The summed E-state index contributed by atoms with van der Waals surface area (Å²) in [6, 6.07) is 15.7. The molecule has 2 aromatic rings. The van der Waals surface area contributed by atoms with Gasteiger partial charge >= 0.3 is 0 Å². The molecule has 0 aliphatic rings. The van der Waals surface area contributed by atoms with Crippen LogP contribution in [0, 0.1) is 0 Å². The van der Waals surface area contributed by atoms with E-state index in [9.17, 15) is 4.79 Å². The monoisotopic (exact) mass is 319 g/mol. The van der Waals surface area contributed by atoms with E-state index in [0.29, 0.717) is 18.0 Å². The molecule has 0 bridgehead atoms. The van der Waals surface area contributed by atoms with Gasteiger partial charge in [-0.3, -0.25) is 4.79 Å². The smallest absolute Gasteiger partial charge is 0.253 e. The molecule has 0 N–H and O–H groups in total. The van der Waals surface area contributed by atoms with Crippen molar-refractivity contribution in [3.05, 3.63) is 65.2 Å². The summed E-state index contributed by atoms with van der Waals surface area (Å²) in [6.07, 6.45) is 2.05. The molecular weight excluding hydrogens is 302 g/mol. The van der Waals surface area contributed by atoms with Crippen LogP contribution in [-0.2, 0) is 12.4 Å². The minimum Gasteiger partial charge on any atom is -0.337 e. The summed E-state index contributed by atoms with van der Waals surface area (Å²) in [5, 5.41) is 0. The predicted molar refractivity (Wildman–Crippen MR) is 90.0 cm³/mol. The quantitative estimate of drug-likeness (QED) is 0.600. The summed E-state index contributed by atoms with van der Waals surface area (Å²) >= 11 is 7.47. The highest BCUT2D eigenvalue weighted by molar-refractivity contribution is 7.98. The molecule has 0 saturated carbocycles. The second-order valence-electron chi connectivity index (χ2n) is 4.84. The topological polar surface area (TPSA) is 20.3 Å². The summed E-state index contributed by atoms with van der Waals surface area (Å²) in [5.41, 5.74) is 2.83. The number of nitrogens with zero attached hydrogens (tertiary/aromatic N) is 1. The van der Waals surface area contributed by atoms with E-state index in [4.69, 9.17) is 11.6 Å². The highest BCUT2D eigenvalue weighted by atomic mass is 35.5. The van der Waals surface area contributed by atoms with E-state index < -0.39 is 0 Å². The maximum absolute atomic E-state index is 12.4. The number of rotatable bonds is 5. The third-order valence-electron chi connectivity index (χ3n) is 3.28. The van der Waals surface area contributed by atoms with Crippen molar-refractivity contribution >= 4 is 29.3 Å². The molecule has 0 spiro atoms. The zero-order valence-electron chi connectivity index (χ0n) is 12.2. The number of amides is 1. The van der Waals surface area contributed by atoms with Crippen LogP contribution < -0.4 is 0 Å². The van der Waals surface area contributed by atoms with Gasteiger partial charge in [-0.05, 0) is 41.6 Å². The number of hydrogen-bond acceptors (Lipinski definition) is 2. The van der Waals surface area contributed by atoms with Crippen molar-refractivity contribution in [2.75, 3.05) is 13.3 Å². The Kier molecular flexibility index (Phi) is 5.71. The lowest BCUT2D eigenvalue weighted by molar-refractivity contribution is 0.0785. The van der Waals surface area contributed by atoms with Crippen molar-refractivity contribution in [2.45, 2.75) is 17.3 Å². The van der Waals surface area contributed by atoms with Crippen molar-refractivity contribution in [3.8, 4) is 0 Å². The lowest BCUT2D eigenvalue weighted by Crippen LogP contribution is -2.26. The highest BCUT2D eigenvalue weighted by Crippen LogP contribution is 2.16. The van der Waals surface area contributed by atoms with Crippen LogP contribution >= 0.6 is 23.4 Å². The van der Waals surface area contributed by atoms with E-state index in [1.54, 1.807) is 16.7 Å². The van der Waals surface area contributed by atoms with Crippen molar-refractivity contribution < 1.29 is 4.79 Å². The number of thioether (sulfide) groups is 1. The molecule has 0 aliphatic heterocycles. The van der Waals surface area contributed by atoms with Gasteiger partial charge in [-0.25, -0.2) is 0 Å². The minimum absolute atomic E-state index is 0.0186. The molecule has 0 aromatic heterocycles. The first-order valence-electron chi connectivity index (χ1n) is 6.67. The Labute approximate surface area is 135 Å². The molecule has 0 saturated heterocycles. The fourth-order valence-corrected chi connectivity index (χ4v) is 2.62. The SMILES string of the molecule is CSc1ccc(CN(C)C(=O)c2ccc(CCl)cc2)cc1. The molecule has 0 fully saturated rings. The third-order valence-corrected chi connectivity index (χ3v) is 4.33. The van der Waals surface area contributed by atoms with Gasteiger partial charge in [0.15, 0.2) is 0 Å². The van der Waals surface area contributed by atoms with Crippen molar-refractivity contribution in [2.24, 2.45) is 0 Å². The number of carbonyl (C=O) groups excluding carboxylic acids is 1. The largest absolute Gasteiger partial charge is 0.337 e. The Morgan fingerprint density at radius 1 is 1.05 bits per heavy atom. The number of hydrogen-bond donors (Lipinski definition) is 0. The van der Waals surface area contributed by atoms with Gasteiger partial charge < -0.3 is 4.90 Å². The molecule has 2 aromatic carbocycles. The van der Waals surface area contributed by atoms with Gasteiger partial charge in [0.05, 0.1) is 0 Å². The maximum atomic E-state index is 12.4. The van der Waals surface area contributed by atoms with E-state index in [1.807, 2.05) is 31.3 Å². The van der Waals surface area contributed by atoms with Gasteiger partial charge in [0.2, 0.25) is 0 Å². The first-order chi connectivity index (χ1) is 10.1. The van der Waals surface area contributed by atoms with Crippen molar-refractivity contribution in [1.29, 1.82) is 0 Å². The number of benzene rings is 2. The summed E-state index contributed by atoms with van der Waals surface area (Å²) in [4.78, 5) is 15.3. The van der Waals surface area contributed by atoms with Gasteiger partial charge in [-0.15, -0.1) is 23.4 Å². The van der Waals surface area contributed by atoms with E-state index in [2.05, 4.69) is 30.5 Å². The molecule has 2 rings (SSSR count). The summed E-state index contributed by atoms with van der Waals surface area (Å²) in [7, 11) is 1.82. The van der Waals surface area contributed by atoms with Crippen molar-refractivity contribution in [3.63, 3.8) is 0 Å². The lowest BCUT2D eigenvalue weighted by atomic mass is 10.1. The fourth-order valence-electron chi connectivity index (χ4n) is 2.03. The molecule has 21 heavy (non-hydrogen) atoms. The Morgan fingerprint density at radius 3 is 2.14 bits per heavy atom. The molecule has 0 heterocycles. The third kappa shape index (κ3) is 4.26. The zero-order valence-corrected chi connectivity index (χ0v) is 13.7. The molecule has 110 valence electrons. The van der Waals surface area contributed by atoms with Crippen LogP contribution in [0.5, 0.6) is 0 Å². The Hall–Kier alpha value is -1.45. The maximum Gasteiger partial charge on any atom is 0.253 e. The molecule has 0 unspecified atom stereocenters. The molecule has 1 amide bonds. The van der Waals surface area contributed by atoms with Gasteiger partial charge in [0, 0.05) is 29.9 Å². The molecule has 0 radical (unpaired) electrons. The average Bonchev–Trinajstić information content (AvgIpc) is 2.55. The van der Waals surface area contributed by atoms with Crippen molar-refractivity contribution in [1.82, 2.24) is 4.90 Å². The molecular formula is C17H18ClNOS. The van der Waals surface area contributed by atoms with Gasteiger partial charge in [0.25, 0.3) is 5.91 Å². The van der Waals surface area contributed by atoms with Crippen LogP contribution in [0.25, 0.3) is 0 Å². The van der Waals surface area contributed by atoms with E-state index >= 15 is 0 Å².